The van der Waals surface area contributed by atoms with Crippen LogP contribution in [0.5, 0.6) is 0 Å². The normalized spacial score (nSPS) is 16.6. The van der Waals surface area contributed by atoms with E-state index in [2.05, 4.69) is 27.3 Å². The second-order valence-corrected chi connectivity index (χ2v) is 5.76. The third-order valence-electron chi connectivity index (χ3n) is 3.65. The summed E-state index contributed by atoms with van der Waals surface area (Å²) in [4.78, 5) is 0. The molecule has 2 aromatic carbocycles. The lowest BCUT2D eigenvalue weighted by atomic mass is 10.1. The first-order valence-electron chi connectivity index (χ1n) is 6.42. The lowest BCUT2D eigenvalue weighted by Crippen LogP contribution is -2.08. The molecule has 1 atom stereocenters. The highest BCUT2D eigenvalue weighted by molar-refractivity contribution is 9.10. The molecule has 0 heterocycles. The molecule has 20 heavy (non-hydrogen) atoms. The highest BCUT2D eigenvalue weighted by Crippen LogP contribution is 2.36. The van der Waals surface area contributed by atoms with Gasteiger partial charge in [-0.3, -0.25) is 0 Å². The summed E-state index contributed by atoms with van der Waals surface area (Å²) in [6.45, 7) is 0. The Labute approximate surface area is 125 Å². The molecule has 1 aliphatic rings. The second kappa shape index (κ2) is 5.26. The first-order valence-corrected chi connectivity index (χ1v) is 7.22. The van der Waals surface area contributed by atoms with E-state index in [0.717, 1.165) is 34.1 Å². The second-order valence-electron chi connectivity index (χ2n) is 4.84. The van der Waals surface area contributed by atoms with Crippen LogP contribution in [0, 0.1) is 17.1 Å². The van der Waals surface area contributed by atoms with Crippen molar-refractivity contribution in [3.63, 3.8) is 0 Å². The van der Waals surface area contributed by atoms with Crippen LogP contribution in [0.15, 0.2) is 40.9 Å². The topological polar surface area (TPSA) is 35.8 Å². The van der Waals surface area contributed by atoms with Gasteiger partial charge in [0.25, 0.3) is 0 Å². The predicted molar refractivity (Wildman–Crippen MR) is 79.9 cm³/mol. The fourth-order valence-electron chi connectivity index (χ4n) is 2.68. The molecule has 0 amide bonds. The Kier molecular flexibility index (Phi) is 3.45. The number of anilines is 1. The minimum absolute atomic E-state index is 0.0575. The van der Waals surface area contributed by atoms with Crippen LogP contribution in [0.4, 0.5) is 10.1 Å². The maximum atomic E-state index is 13.7. The Morgan fingerprint density at radius 2 is 2.15 bits per heavy atom. The van der Waals surface area contributed by atoms with Crippen LogP contribution in [0.2, 0.25) is 0 Å². The summed E-state index contributed by atoms with van der Waals surface area (Å²) in [5.41, 5.74) is 3.16. The Balaban J connectivity index is 1.94. The molecule has 2 nitrogen and oxygen atoms in total. The molecule has 1 N–H and O–H groups in total. The van der Waals surface area contributed by atoms with E-state index in [1.807, 2.05) is 18.2 Å². The minimum atomic E-state index is -0.137. The summed E-state index contributed by atoms with van der Waals surface area (Å²) >= 11 is 3.41. The van der Waals surface area contributed by atoms with Gasteiger partial charge in [-0.2, -0.15) is 5.26 Å². The van der Waals surface area contributed by atoms with E-state index < -0.39 is 0 Å². The Bertz CT molecular complexity index is 706. The largest absolute Gasteiger partial charge is 0.377 e. The van der Waals surface area contributed by atoms with Crippen molar-refractivity contribution in [3.8, 4) is 6.07 Å². The van der Waals surface area contributed by atoms with Crippen molar-refractivity contribution in [2.75, 3.05) is 5.32 Å². The first kappa shape index (κ1) is 13.1. The molecule has 100 valence electrons. The number of halogens is 2. The van der Waals surface area contributed by atoms with Crippen LogP contribution < -0.4 is 5.32 Å². The van der Waals surface area contributed by atoms with E-state index >= 15 is 0 Å². The van der Waals surface area contributed by atoms with Crippen molar-refractivity contribution >= 4 is 21.6 Å². The number of rotatable bonds is 2. The monoisotopic (exact) mass is 330 g/mol. The van der Waals surface area contributed by atoms with E-state index in [4.69, 9.17) is 5.26 Å². The zero-order valence-electron chi connectivity index (χ0n) is 10.7. The third kappa shape index (κ3) is 2.30. The summed E-state index contributed by atoms with van der Waals surface area (Å²) in [5, 5.41) is 12.5. The molecule has 1 unspecified atom stereocenters. The highest BCUT2D eigenvalue weighted by atomic mass is 79.9. The summed E-state index contributed by atoms with van der Waals surface area (Å²) in [7, 11) is 0. The predicted octanol–water partition coefficient (Wildman–Crippen LogP) is 4.56. The van der Waals surface area contributed by atoms with E-state index in [-0.39, 0.29) is 11.9 Å². The number of hydrogen-bond acceptors (Lipinski definition) is 2. The van der Waals surface area contributed by atoms with Crippen LogP contribution >= 0.6 is 15.9 Å². The molecule has 0 saturated heterocycles. The molecule has 0 radical (unpaired) electrons. The lowest BCUT2D eigenvalue weighted by Gasteiger charge is -2.17. The Morgan fingerprint density at radius 3 is 2.95 bits per heavy atom. The van der Waals surface area contributed by atoms with E-state index in [9.17, 15) is 4.39 Å². The number of nitrogens with zero attached hydrogens (tertiary/aromatic N) is 1. The molecule has 0 fully saturated rings. The van der Waals surface area contributed by atoms with Crippen molar-refractivity contribution in [3.05, 3.63) is 63.4 Å². The molecule has 1 aliphatic carbocycles. The van der Waals surface area contributed by atoms with Crippen molar-refractivity contribution < 1.29 is 4.39 Å². The number of nitrogens with one attached hydrogen (secondary N) is 1. The minimum Gasteiger partial charge on any atom is -0.377 e. The fraction of sp³-hybridized carbons (Fsp3) is 0.188. The number of hydrogen-bond donors (Lipinski definition) is 1. The quantitative estimate of drug-likeness (QED) is 0.876. The summed E-state index contributed by atoms with van der Waals surface area (Å²) in [6, 6.07) is 12.9. The molecule has 0 bridgehead atoms. The van der Waals surface area contributed by atoms with Gasteiger partial charge in [0.05, 0.1) is 17.3 Å². The maximum absolute atomic E-state index is 13.7. The SMILES string of the molecule is N#Cc1ccc(Br)cc1NC1CCc2c(F)cccc21. The molecule has 2 aromatic rings. The van der Waals surface area contributed by atoms with Gasteiger partial charge in [0, 0.05) is 4.47 Å². The third-order valence-corrected chi connectivity index (χ3v) is 4.14. The van der Waals surface area contributed by atoms with E-state index in [0.29, 0.717) is 5.56 Å². The van der Waals surface area contributed by atoms with Crippen molar-refractivity contribution in [1.82, 2.24) is 0 Å². The van der Waals surface area contributed by atoms with E-state index in [1.165, 1.54) is 6.07 Å². The number of nitriles is 1. The zero-order chi connectivity index (χ0) is 14.1. The standard InChI is InChI=1S/C16H12BrFN2/c17-11-5-4-10(9-19)16(8-11)20-15-7-6-12-13(15)2-1-3-14(12)18/h1-5,8,15,20H,6-7H2. The lowest BCUT2D eigenvalue weighted by molar-refractivity contribution is 0.612. The van der Waals surface area contributed by atoms with Crippen molar-refractivity contribution in [2.45, 2.75) is 18.9 Å². The first-order chi connectivity index (χ1) is 9.69. The van der Waals surface area contributed by atoms with Gasteiger partial charge >= 0.3 is 0 Å². The van der Waals surface area contributed by atoms with Gasteiger partial charge in [0.2, 0.25) is 0 Å². The molecule has 0 aromatic heterocycles. The molecule has 0 saturated carbocycles. The van der Waals surface area contributed by atoms with Crippen LogP contribution in [-0.2, 0) is 6.42 Å². The maximum Gasteiger partial charge on any atom is 0.126 e. The smallest absolute Gasteiger partial charge is 0.126 e. The van der Waals surface area contributed by atoms with Crippen LogP contribution in [0.1, 0.15) is 29.2 Å². The van der Waals surface area contributed by atoms with Gasteiger partial charge in [-0.25, -0.2) is 4.39 Å². The van der Waals surface area contributed by atoms with E-state index in [1.54, 1.807) is 12.1 Å². The molecule has 0 spiro atoms. The molecule has 0 aliphatic heterocycles. The summed E-state index contributed by atoms with van der Waals surface area (Å²) in [5.74, 6) is -0.137. The average molecular weight is 331 g/mol. The average Bonchev–Trinajstić information content (AvgIpc) is 2.84. The van der Waals surface area contributed by atoms with Gasteiger partial charge in [-0.15, -0.1) is 0 Å². The molecule has 3 rings (SSSR count). The number of fused-ring (bicyclic) bond motifs is 1. The zero-order valence-corrected chi connectivity index (χ0v) is 12.2. The number of benzene rings is 2. The van der Waals surface area contributed by atoms with Crippen LogP contribution in [0.3, 0.4) is 0 Å². The van der Waals surface area contributed by atoms with Gasteiger partial charge in [0.1, 0.15) is 11.9 Å². The highest BCUT2D eigenvalue weighted by Gasteiger charge is 2.25. The van der Waals surface area contributed by atoms with Crippen LogP contribution in [0.25, 0.3) is 0 Å². The Hall–Kier alpha value is -1.86. The molecule has 4 heteroatoms. The van der Waals surface area contributed by atoms with Crippen LogP contribution in [-0.4, -0.2) is 0 Å². The molecular weight excluding hydrogens is 319 g/mol. The Morgan fingerprint density at radius 1 is 1.30 bits per heavy atom. The van der Waals surface area contributed by atoms with Gasteiger partial charge in [-0.05, 0) is 48.2 Å². The molecular formula is C16H12BrFN2. The summed E-state index contributed by atoms with van der Waals surface area (Å²) in [6.07, 6.45) is 1.57. The summed E-state index contributed by atoms with van der Waals surface area (Å²) < 4.78 is 14.6. The van der Waals surface area contributed by atoms with Crippen molar-refractivity contribution in [2.24, 2.45) is 0 Å². The van der Waals surface area contributed by atoms with Gasteiger partial charge < -0.3 is 5.32 Å². The van der Waals surface area contributed by atoms with Gasteiger partial charge in [-0.1, -0.05) is 28.1 Å². The van der Waals surface area contributed by atoms with Gasteiger partial charge in [0.15, 0.2) is 0 Å². The van der Waals surface area contributed by atoms with Crippen molar-refractivity contribution in [1.29, 1.82) is 5.26 Å². The fourth-order valence-corrected chi connectivity index (χ4v) is 3.04.